The third-order valence-corrected chi connectivity index (χ3v) is 6.86. The molecule has 5 nitrogen and oxygen atoms in total. The molecule has 1 aliphatic carbocycles. The number of carboxylic acid groups (broad SMARTS) is 1. The minimum atomic E-state index is -0.940. The number of rotatable bonds is 4. The van der Waals surface area contributed by atoms with Gasteiger partial charge in [0.1, 0.15) is 6.54 Å². The second-order valence-corrected chi connectivity index (χ2v) is 8.78. The summed E-state index contributed by atoms with van der Waals surface area (Å²) in [6, 6.07) is 13.6. The Balaban J connectivity index is 1.84. The number of aromatic carboxylic acids is 1. The summed E-state index contributed by atoms with van der Waals surface area (Å²) in [6.45, 7) is 3.00. The maximum absolute atomic E-state index is 13.4. The molecular formula is C26H28N2O3. The van der Waals surface area contributed by atoms with E-state index in [1.165, 1.54) is 24.8 Å². The van der Waals surface area contributed by atoms with E-state index < -0.39 is 5.97 Å². The summed E-state index contributed by atoms with van der Waals surface area (Å²) in [7, 11) is 0. The first-order valence-corrected chi connectivity index (χ1v) is 11.4. The molecule has 31 heavy (non-hydrogen) atoms. The predicted octanol–water partition coefficient (Wildman–Crippen LogP) is 5.81. The van der Waals surface area contributed by atoms with Crippen molar-refractivity contribution < 1.29 is 14.7 Å². The molecule has 1 aliphatic heterocycles. The van der Waals surface area contributed by atoms with Crippen LogP contribution in [0.25, 0.3) is 22.2 Å². The SMILES string of the molecule is CCCN1C(=O)Cn2c(c(C3CCCCC3)c3ccc(C(=O)O)cc32)-c2ccccc21. The Morgan fingerprint density at radius 2 is 1.87 bits per heavy atom. The van der Waals surface area contributed by atoms with Gasteiger partial charge in [0.15, 0.2) is 0 Å². The molecule has 5 rings (SSSR count). The predicted molar refractivity (Wildman–Crippen MR) is 123 cm³/mol. The summed E-state index contributed by atoms with van der Waals surface area (Å²) in [6.07, 6.45) is 6.86. The van der Waals surface area contributed by atoms with E-state index in [0.717, 1.165) is 47.1 Å². The van der Waals surface area contributed by atoms with E-state index in [1.54, 1.807) is 12.1 Å². The average Bonchev–Trinajstić information content (AvgIpc) is 3.05. The van der Waals surface area contributed by atoms with Gasteiger partial charge in [-0.3, -0.25) is 4.79 Å². The second-order valence-electron chi connectivity index (χ2n) is 8.78. The minimum absolute atomic E-state index is 0.0564. The van der Waals surface area contributed by atoms with Gasteiger partial charge in [-0.2, -0.15) is 0 Å². The van der Waals surface area contributed by atoms with Crippen molar-refractivity contribution in [2.75, 3.05) is 11.4 Å². The summed E-state index contributed by atoms with van der Waals surface area (Å²) >= 11 is 0. The number of hydrogen-bond donors (Lipinski definition) is 1. The van der Waals surface area contributed by atoms with Gasteiger partial charge in [0.2, 0.25) is 5.91 Å². The molecule has 2 aromatic carbocycles. The van der Waals surface area contributed by atoms with Crippen LogP contribution in [0, 0.1) is 0 Å². The van der Waals surface area contributed by atoms with E-state index in [-0.39, 0.29) is 18.0 Å². The zero-order valence-electron chi connectivity index (χ0n) is 17.9. The minimum Gasteiger partial charge on any atom is -0.478 e. The van der Waals surface area contributed by atoms with Crippen LogP contribution in [0.5, 0.6) is 0 Å². The summed E-state index contributed by atoms with van der Waals surface area (Å²) in [5.74, 6) is -0.449. The average molecular weight is 417 g/mol. The van der Waals surface area contributed by atoms with Crippen molar-refractivity contribution >= 4 is 28.5 Å². The van der Waals surface area contributed by atoms with Crippen molar-refractivity contribution in [3.8, 4) is 11.3 Å². The zero-order valence-corrected chi connectivity index (χ0v) is 17.9. The first kappa shape index (κ1) is 19.9. The summed E-state index contributed by atoms with van der Waals surface area (Å²) < 4.78 is 2.09. The molecule has 2 aliphatic rings. The van der Waals surface area contributed by atoms with Crippen molar-refractivity contribution in [2.24, 2.45) is 0 Å². The maximum atomic E-state index is 13.4. The highest BCUT2D eigenvalue weighted by atomic mass is 16.4. The van der Waals surface area contributed by atoms with Crippen molar-refractivity contribution in [1.82, 2.24) is 4.57 Å². The number of nitrogens with zero attached hydrogens (tertiary/aromatic N) is 2. The molecule has 1 N–H and O–H groups in total. The third kappa shape index (κ3) is 3.23. The van der Waals surface area contributed by atoms with E-state index in [9.17, 15) is 14.7 Å². The zero-order chi connectivity index (χ0) is 21.5. The number of amides is 1. The molecule has 0 spiro atoms. The second kappa shape index (κ2) is 7.88. The standard InChI is InChI=1S/C26H28N2O3/c1-2-14-27-21-11-7-6-10-20(21)25-24(17-8-4-3-5-9-17)19-13-12-18(26(30)31)15-22(19)28(25)16-23(27)29/h6-7,10-13,15,17H,2-5,8-9,14,16H2,1H3,(H,30,31). The first-order valence-electron chi connectivity index (χ1n) is 11.4. The van der Waals surface area contributed by atoms with Crippen LogP contribution in [0.2, 0.25) is 0 Å². The van der Waals surface area contributed by atoms with Gasteiger partial charge >= 0.3 is 5.97 Å². The van der Waals surface area contributed by atoms with Crippen LogP contribution in [0.3, 0.4) is 0 Å². The smallest absolute Gasteiger partial charge is 0.335 e. The van der Waals surface area contributed by atoms with Crippen LogP contribution in [-0.4, -0.2) is 28.1 Å². The maximum Gasteiger partial charge on any atom is 0.335 e. The Kier molecular flexibility index (Phi) is 5.05. The Bertz CT molecular complexity index is 1170. The summed E-state index contributed by atoms with van der Waals surface area (Å²) in [4.78, 5) is 27.0. The molecule has 1 amide bonds. The fourth-order valence-electron chi connectivity index (χ4n) is 5.50. The Morgan fingerprint density at radius 1 is 1.10 bits per heavy atom. The van der Waals surface area contributed by atoms with Crippen molar-refractivity contribution in [1.29, 1.82) is 0 Å². The van der Waals surface area contributed by atoms with Crippen molar-refractivity contribution in [3.05, 3.63) is 53.6 Å². The number of aromatic nitrogens is 1. The normalized spacial score (nSPS) is 16.8. The van der Waals surface area contributed by atoms with E-state index >= 15 is 0 Å². The topological polar surface area (TPSA) is 62.5 Å². The molecule has 0 atom stereocenters. The fourth-order valence-corrected chi connectivity index (χ4v) is 5.50. The van der Waals surface area contributed by atoms with Gasteiger partial charge in [-0.15, -0.1) is 0 Å². The lowest BCUT2D eigenvalue weighted by Gasteiger charge is -2.25. The van der Waals surface area contributed by atoms with Gasteiger partial charge in [0, 0.05) is 17.5 Å². The molecule has 2 heterocycles. The summed E-state index contributed by atoms with van der Waals surface area (Å²) in [5, 5.41) is 10.7. The molecule has 5 heteroatoms. The lowest BCUT2D eigenvalue weighted by Crippen LogP contribution is -2.33. The van der Waals surface area contributed by atoms with Crippen LogP contribution in [-0.2, 0) is 11.3 Å². The molecular weight excluding hydrogens is 388 g/mol. The summed E-state index contributed by atoms with van der Waals surface area (Å²) in [5.41, 5.74) is 5.56. The fraction of sp³-hybridized carbons (Fsp3) is 0.385. The van der Waals surface area contributed by atoms with Gasteiger partial charge in [0.05, 0.1) is 22.5 Å². The van der Waals surface area contributed by atoms with Crippen molar-refractivity contribution in [2.45, 2.75) is 57.9 Å². The number of benzene rings is 2. The van der Waals surface area contributed by atoms with Crippen LogP contribution in [0.1, 0.15) is 67.3 Å². The first-order chi connectivity index (χ1) is 15.1. The molecule has 0 saturated heterocycles. The van der Waals surface area contributed by atoms with E-state index in [2.05, 4.69) is 17.6 Å². The number of anilines is 1. The quantitative estimate of drug-likeness (QED) is 0.584. The van der Waals surface area contributed by atoms with E-state index in [4.69, 9.17) is 0 Å². The third-order valence-electron chi connectivity index (χ3n) is 6.86. The number of fused-ring (bicyclic) bond motifs is 5. The van der Waals surface area contributed by atoms with Gasteiger partial charge in [-0.25, -0.2) is 4.79 Å². The van der Waals surface area contributed by atoms with Gasteiger partial charge < -0.3 is 14.6 Å². The highest BCUT2D eigenvalue weighted by Crippen LogP contribution is 2.47. The lowest BCUT2D eigenvalue weighted by molar-refractivity contribution is -0.119. The largest absolute Gasteiger partial charge is 0.478 e. The molecule has 0 radical (unpaired) electrons. The molecule has 1 fully saturated rings. The van der Waals surface area contributed by atoms with E-state index in [1.807, 2.05) is 29.2 Å². The number of carboxylic acids is 1. The highest BCUT2D eigenvalue weighted by molar-refractivity contribution is 6.05. The van der Waals surface area contributed by atoms with Gasteiger partial charge in [0.25, 0.3) is 0 Å². The number of para-hydroxylation sites is 1. The van der Waals surface area contributed by atoms with Crippen LogP contribution in [0.15, 0.2) is 42.5 Å². The van der Waals surface area contributed by atoms with Crippen LogP contribution < -0.4 is 4.90 Å². The van der Waals surface area contributed by atoms with Gasteiger partial charge in [-0.05, 0) is 48.9 Å². The molecule has 160 valence electrons. The molecule has 1 saturated carbocycles. The highest BCUT2D eigenvalue weighted by Gasteiger charge is 2.32. The lowest BCUT2D eigenvalue weighted by atomic mass is 9.81. The Morgan fingerprint density at radius 3 is 2.61 bits per heavy atom. The number of carbonyl (C=O) groups excluding carboxylic acids is 1. The van der Waals surface area contributed by atoms with Crippen LogP contribution in [0.4, 0.5) is 5.69 Å². The molecule has 0 unspecified atom stereocenters. The molecule has 0 bridgehead atoms. The van der Waals surface area contributed by atoms with Crippen molar-refractivity contribution in [3.63, 3.8) is 0 Å². The number of carbonyl (C=O) groups is 2. The molecule has 3 aromatic rings. The Hall–Kier alpha value is -3.08. The molecule has 1 aromatic heterocycles. The van der Waals surface area contributed by atoms with Gasteiger partial charge in [-0.1, -0.05) is 50.5 Å². The van der Waals surface area contributed by atoms with Crippen LogP contribution >= 0.6 is 0 Å². The number of hydrogen-bond acceptors (Lipinski definition) is 2. The van der Waals surface area contributed by atoms with E-state index in [0.29, 0.717) is 12.5 Å². The monoisotopic (exact) mass is 416 g/mol. The Labute approximate surface area is 182 Å².